The molecule has 18 heavy (non-hydrogen) atoms. The SMILES string of the molecule is CS(=O)(=O)CC(NN)c1cnc2ccccc2c1. The summed E-state index contributed by atoms with van der Waals surface area (Å²) in [7, 11) is -3.11. The van der Waals surface area contributed by atoms with Crippen LogP contribution in [0.4, 0.5) is 0 Å². The lowest BCUT2D eigenvalue weighted by molar-refractivity contribution is 0.564. The first kappa shape index (κ1) is 12.9. The van der Waals surface area contributed by atoms with E-state index in [1.807, 2.05) is 30.3 Å². The highest BCUT2D eigenvalue weighted by molar-refractivity contribution is 7.90. The van der Waals surface area contributed by atoms with E-state index in [9.17, 15) is 8.42 Å². The van der Waals surface area contributed by atoms with Crippen molar-refractivity contribution in [3.05, 3.63) is 42.1 Å². The van der Waals surface area contributed by atoms with Gasteiger partial charge in [-0.2, -0.15) is 0 Å². The summed E-state index contributed by atoms with van der Waals surface area (Å²) in [5.41, 5.74) is 4.16. The maximum Gasteiger partial charge on any atom is 0.149 e. The Morgan fingerprint density at radius 1 is 1.39 bits per heavy atom. The average molecular weight is 265 g/mol. The molecule has 0 saturated carbocycles. The fourth-order valence-electron chi connectivity index (χ4n) is 1.82. The van der Waals surface area contributed by atoms with Crippen molar-refractivity contribution in [1.29, 1.82) is 0 Å². The summed E-state index contributed by atoms with van der Waals surface area (Å²) in [6.45, 7) is 0. The maximum atomic E-state index is 11.3. The summed E-state index contributed by atoms with van der Waals surface area (Å²) >= 11 is 0. The van der Waals surface area contributed by atoms with Gasteiger partial charge >= 0.3 is 0 Å². The zero-order chi connectivity index (χ0) is 13.2. The Bertz CT molecular complexity index is 655. The van der Waals surface area contributed by atoms with Crippen molar-refractivity contribution < 1.29 is 8.42 Å². The van der Waals surface area contributed by atoms with Crippen molar-refractivity contribution in [1.82, 2.24) is 10.4 Å². The number of pyridine rings is 1. The second-order valence-corrected chi connectivity index (χ2v) is 6.46. The number of para-hydroxylation sites is 1. The molecule has 0 aliphatic carbocycles. The van der Waals surface area contributed by atoms with E-state index in [1.165, 1.54) is 6.26 Å². The fourth-order valence-corrected chi connectivity index (χ4v) is 2.72. The molecule has 1 unspecified atom stereocenters. The van der Waals surface area contributed by atoms with E-state index in [-0.39, 0.29) is 5.75 Å². The fraction of sp³-hybridized carbons (Fsp3) is 0.250. The lowest BCUT2D eigenvalue weighted by Crippen LogP contribution is -2.33. The van der Waals surface area contributed by atoms with Gasteiger partial charge in [-0.25, -0.2) is 8.42 Å². The minimum absolute atomic E-state index is 0.0521. The number of hydrogen-bond donors (Lipinski definition) is 2. The minimum atomic E-state index is -3.11. The number of benzene rings is 1. The Balaban J connectivity index is 2.39. The Hall–Kier alpha value is -1.50. The number of aromatic nitrogens is 1. The molecule has 1 atom stereocenters. The molecule has 2 aromatic rings. The van der Waals surface area contributed by atoms with Crippen LogP contribution in [0.1, 0.15) is 11.6 Å². The topological polar surface area (TPSA) is 85.1 Å². The highest BCUT2D eigenvalue weighted by Gasteiger charge is 2.16. The maximum absolute atomic E-state index is 11.3. The highest BCUT2D eigenvalue weighted by Crippen LogP contribution is 2.18. The van der Waals surface area contributed by atoms with E-state index in [4.69, 9.17) is 5.84 Å². The van der Waals surface area contributed by atoms with Crippen LogP contribution in [0.3, 0.4) is 0 Å². The van der Waals surface area contributed by atoms with Gasteiger partial charge in [-0.05, 0) is 17.7 Å². The van der Waals surface area contributed by atoms with Crippen LogP contribution in [0.15, 0.2) is 36.5 Å². The molecule has 0 saturated heterocycles. The van der Waals surface area contributed by atoms with Crippen molar-refractivity contribution in [3.63, 3.8) is 0 Å². The Morgan fingerprint density at radius 2 is 2.11 bits per heavy atom. The van der Waals surface area contributed by atoms with Gasteiger partial charge in [0.25, 0.3) is 0 Å². The number of sulfone groups is 1. The molecule has 3 N–H and O–H groups in total. The zero-order valence-corrected chi connectivity index (χ0v) is 10.8. The van der Waals surface area contributed by atoms with Gasteiger partial charge in [-0.15, -0.1) is 0 Å². The summed E-state index contributed by atoms with van der Waals surface area (Å²) in [5.74, 6) is 5.36. The van der Waals surface area contributed by atoms with Crippen molar-refractivity contribution in [2.24, 2.45) is 5.84 Å². The molecule has 0 amide bonds. The lowest BCUT2D eigenvalue weighted by Gasteiger charge is -2.15. The molecule has 2 rings (SSSR count). The molecule has 0 radical (unpaired) electrons. The largest absolute Gasteiger partial charge is 0.271 e. The van der Waals surface area contributed by atoms with E-state index >= 15 is 0 Å². The highest BCUT2D eigenvalue weighted by atomic mass is 32.2. The van der Waals surface area contributed by atoms with E-state index in [0.717, 1.165) is 16.5 Å². The first-order chi connectivity index (χ1) is 8.49. The van der Waals surface area contributed by atoms with Gasteiger partial charge in [0.05, 0.1) is 17.3 Å². The van der Waals surface area contributed by atoms with Crippen LogP contribution in [0.25, 0.3) is 10.9 Å². The Morgan fingerprint density at radius 3 is 2.78 bits per heavy atom. The van der Waals surface area contributed by atoms with Crippen molar-refractivity contribution in [3.8, 4) is 0 Å². The number of rotatable bonds is 4. The van der Waals surface area contributed by atoms with Crippen molar-refractivity contribution in [2.75, 3.05) is 12.0 Å². The van der Waals surface area contributed by atoms with E-state index < -0.39 is 15.9 Å². The van der Waals surface area contributed by atoms with Crippen LogP contribution in [-0.2, 0) is 9.84 Å². The second-order valence-electron chi connectivity index (χ2n) is 4.27. The molecule has 96 valence electrons. The summed E-state index contributed by atoms with van der Waals surface area (Å²) in [6.07, 6.45) is 2.84. The van der Waals surface area contributed by atoms with Gasteiger partial charge in [-0.1, -0.05) is 18.2 Å². The van der Waals surface area contributed by atoms with Crippen LogP contribution < -0.4 is 11.3 Å². The number of nitrogens with zero attached hydrogens (tertiary/aromatic N) is 1. The summed E-state index contributed by atoms with van der Waals surface area (Å²) in [6, 6.07) is 9.11. The summed E-state index contributed by atoms with van der Waals surface area (Å²) in [4.78, 5) is 4.29. The Kier molecular flexibility index (Phi) is 3.60. The molecule has 5 nitrogen and oxygen atoms in total. The molecular weight excluding hydrogens is 250 g/mol. The lowest BCUT2D eigenvalue weighted by atomic mass is 10.1. The quantitative estimate of drug-likeness (QED) is 0.630. The van der Waals surface area contributed by atoms with E-state index in [0.29, 0.717) is 0 Å². The third kappa shape index (κ3) is 3.04. The van der Waals surface area contributed by atoms with Crippen LogP contribution in [0, 0.1) is 0 Å². The third-order valence-electron chi connectivity index (χ3n) is 2.68. The van der Waals surface area contributed by atoms with Gasteiger partial charge in [0.15, 0.2) is 0 Å². The zero-order valence-electron chi connectivity index (χ0n) is 10.00. The van der Waals surface area contributed by atoms with Crippen LogP contribution in [0.2, 0.25) is 0 Å². The number of fused-ring (bicyclic) bond motifs is 1. The number of nitrogens with two attached hydrogens (primary N) is 1. The monoisotopic (exact) mass is 265 g/mol. The molecule has 0 aliphatic heterocycles. The molecule has 0 fully saturated rings. The van der Waals surface area contributed by atoms with Crippen LogP contribution in [0.5, 0.6) is 0 Å². The van der Waals surface area contributed by atoms with Crippen molar-refractivity contribution >= 4 is 20.7 Å². The normalized spacial score (nSPS) is 13.7. The van der Waals surface area contributed by atoms with Crippen molar-refractivity contribution in [2.45, 2.75) is 6.04 Å². The minimum Gasteiger partial charge on any atom is -0.271 e. The standard InChI is InChI=1S/C12H15N3O2S/c1-18(16,17)8-12(15-13)10-6-9-4-2-3-5-11(9)14-7-10/h2-7,12,15H,8,13H2,1H3. The molecule has 0 bridgehead atoms. The smallest absolute Gasteiger partial charge is 0.149 e. The number of hydrogen-bond acceptors (Lipinski definition) is 5. The summed E-state index contributed by atoms with van der Waals surface area (Å²) < 4.78 is 22.6. The molecule has 1 aromatic heterocycles. The van der Waals surface area contributed by atoms with Crippen LogP contribution >= 0.6 is 0 Å². The molecule has 1 aromatic carbocycles. The van der Waals surface area contributed by atoms with Gasteiger partial charge in [-0.3, -0.25) is 16.3 Å². The predicted molar refractivity (Wildman–Crippen MR) is 71.5 cm³/mol. The Labute approximate surface area is 106 Å². The molecular formula is C12H15N3O2S. The van der Waals surface area contributed by atoms with Crippen LogP contribution in [-0.4, -0.2) is 25.4 Å². The van der Waals surface area contributed by atoms with E-state index in [2.05, 4.69) is 10.4 Å². The molecule has 6 heteroatoms. The molecule has 0 spiro atoms. The third-order valence-corrected chi connectivity index (χ3v) is 3.62. The first-order valence-corrected chi connectivity index (χ1v) is 7.54. The van der Waals surface area contributed by atoms with Gasteiger partial charge in [0, 0.05) is 17.8 Å². The van der Waals surface area contributed by atoms with Gasteiger partial charge < -0.3 is 0 Å². The second kappa shape index (κ2) is 5.01. The van der Waals surface area contributed by atoms with E-state index in [1.54, 1.807) is 6.20 Å². The predicted octanol–water partition coefficient (Wildman–Crippen LogP) is 0.784. The average Bonchev–Trinajstić information content (AvgIpc) is 2.34. The number of hydrazine groups is 1. The summed E-state index contributed by atoms with van der Waals surface area (Å²) in [5, 5.41) is 0.962. The van der Waals surface area contributed by atoms with Gasteiger partial charge in [0.2, 0.25) is 0 Å². The number of nitrogens with one attached hydrogen (secondary N) is 1. The van der Waals surface area contributed by atoms with Gasteiger partial charge in [0.1, 0.15) is 9.84 Å². The first-order valence-electron chi connectivity index (χ1n) is 5.48. The molecule has 0 aliphatic rings. The molecule has 1 heterocycles.